The van der Waals surface area contributed by atoms with Crippen molar-refractivity contribution >= 4 is 0 Å². The Balaban J connectivity index is 2.19. The van der Waals surface area contributed by atoms with Gasteiger partial charge in [-0.2, -0.15) is 0 Å². The molecule has 0 aromatic carbocycles. The second-order valence-corrected chi connectivity index (χ2v) is 6.51. The third-order valence-corrected chi connectivity index (χ3v) is 5.02. The molecule has 13 heavy (non-hydrogen) atoms. The van der Waals surface area contributed by atoms with E-state index in [0.717, 1.165) is 12.5 Å². The topological polar surface area (TPSA) is 26.0 Å². The minimum absolute atomic E-state index is 0.523. The Labute approximate surface area is 82.1 Å². The molecule has 0 bridgehead atoms. The van der Waals surface area contributed by atoms with Gasteiger partial charge in [0.1, 0.15) is 0 Å². The molecule has 0 aliphatic heterocycles. The third kappa shape index (κ3) is 1.03. The second kappa shape index (κ2) is 2.31. The lowest BCUT2D eigenvalue weighted by Crippen LogP contribution is -2.11. The van der Waals surface area contributed by atoms with Crippen LogP contribution in [0.5, 0.6) is 0 Å². The lowest BCUT2D eigenvalue weighted by molar-refractivity contribution is 0.315. The molecule has 2 unspecified atom stereocenters. The van der Waals surface area contributed by atoms with Crippen molar-refractivity contribution in [3.05, 3.63) is 0 Å². The zero-order valence-electron chi connectivity index (χ0n) is 9.48. The smallest absolute Gasteiger partial charge is 0.00380 e. The molecule has 1 nitrogen and oxygen atoms in total. The first kappa shape index (κ1) is 9.51. The van der Waals surface area contributed by atoms with Crippen LogP contribution in [0.2, 0.25) is 0 Å². The van der Waals surface area contributed by atoms with E-state index in [0.29, 0.717) is 16.2 Å². The van der Waals surface area contributed by atoms with Crippen molar-refractivity contribution in [3.63, 3.8) is 0 Å². The molecule has 2 saturated carbocycles. The van der Waals surface area contributed by atoms with E-state index in [1.54, 1.807) is 0 Å². The van der Waals surface area contributed by atoms with Gasteiger partial charge in [0.25, 0.3) is 0 Å². The number of nitrogens with two attached hydrogens (primary N) is 1. The number of hydrogen-bond donors (Lipinski definition) is 1. The van der Waals surface area contributed by atoms with Crippen molar-refractivity contribution in [2.75, 3.05) is 6.54 Å². The normalized spacial score (nSPS) is 45.5. The fourth-order valence-corrected chi connectivity index (χ4v) is 4.02. The molecular weight excluding hydrogens is 158 g/mol. The quantitative estimate of drug-likeness (QED) is 0.661. The van der Waals surface area contributed by atoms with Crippen molar-refractivity contribution in [1.29, 1.82) is 0 Å². The summed E-state index contributed by atoms with van der Waals surface area (Å²) in [4.78, 5) is 0. The number of rotatable bonds is 1. The van der Waals surface area contributed by atoms with Crippen LogP contribution in [0.1, 0.15) is 47.0 Å². The molecule has 76 valence electrons. The molecule has 0 saturated heterocycles. The van der Waals surface area contributed by atoms with E-state index in [1.165, 1.54) is 19.3 Å². The Morgan fingerprint density at radius 1 is 1.15 bits per heavy atom. The van der Waals surface area contributed by atoms with Gasteiger partial charge in [0.2, 0.25) is 0 Å². The van der Waals surface area contributed by atoms with E-state index in [-0.39, 0.29) is 0 Å². The summed E-state index contributed by atoms with van der Waals surface area (Å²) in [5.41, 5.74) is 7.56. The lowest BCUT2D eigenvalue weighted by atomic mass is 9.86. The van der Waals surface area contributed by atoms with E-state index in [1.807, 2.05) is 0 Å². The highest BCUT2D eigenvalue weighted by atomic mass is 14.8. The summed E-state index contributed by atoms with van der Waals surface area (Å²) in [6, 6.07) is 0. The van der Waals surface area contributed by atoms with Crippen molar-refractivity contribution in [2.45, 2.75) is 47.0 Å². The van der Waals surface area contributed by atoms with E-state index < -0.39 is 0 Å². The van der Waals surface area contributed by atoms with E-state index >= 15 is 0 Å². The lowest BCUT2D eigenvalue weighted by Gasteiger charge is -2.18. The van der Waals surface area contributed by atoms with Gasteiger partial charge in [-0.25, -0.2) is 0 Å². The summed E-state index contributed by atoms with van der Waals surface area (Å²) in [6.45, 7) is 10.5. The van der Waals surface area contributed by atoms with Crippen LogP contribution >= 0.6 is 0 Å². The Hall–Kier alpha value is -0.0400. The molecule has 2 aliphatic carbocycles. The zero-order chi connectivity index (χ0) is 9.91. The highest BCUT2D eigenvalue weighted by molar-refractivity contribution is 5.21. The molecule has 1 heteroatoms. The highest BCUT2D eigenvalue weighted by Crippen LogP contribution is 2.77. The van der Waals surface area contributed by atoms with Gasteiger partial charge in [0.05, 0.1) is 0 Å². The molecule has 1 spiro atoms. The molecule has 0 aromatic rings. The molecule has 0 heterocycles. The highest BCUT2D eigenvalue weighted by Gasteiger charge is 2.72. The van der Waals surface area contributed by atoms with Gasteiger partial charge in [-0.1, -0.05) is 27.7 Å². The summed E-state index contributed by atoms with van der Waals surface area (Å²) >= 11 is 0. The van der Waals surface area contributed by atoms with Gasteiger partial charge in [0.15, 0.2) is 0 Å². The fourth-order valence-electron chi connectivity index (χ4n) is 4.02. The molecule has 2 N–H and O–H groups in total. The van der Waals surface area contributed by atoms with Crippen LogP contribution in [0, 0.1) is 22.2 Å². The van der Waals surface area contributed by atoms with Gasteiger partial charge in [-0.05, 0) is 48.0 Å². The van der Waals surface area contributed by atoms with E-state index in [9.17, 15) is 0 Å². The molecule has 2 fully saturated rings. The molecule has 2 atom stereocenters. The first-order chi connectivity index (χ1) is 5.86. The Morgan fingerprint density at radius 3 is 2.08 bits per heavy atom. The summed E-state index contributed by atoms with van der Waals surface area (Å²) in [6.07, 6.45) is 4.21. The van der Waals surface area contributed by atoms with Gasteiger partial charge >= 0.3 is 0 Å². The van der Waals surface area contributed by atoms with Gasteiger partial charge in [0, 0.05) is 0 Å². The maximum Gasteiger partial charge on any atom is -0.00380 e. The largest absolute Gasteiger partial charge is 0.330 e. The van der Waals surface area contributed by atoms with Crippen LogP contribution in [-0.4, -0.2) is 6.54 Å². The van der Waals surface area contributed by atoms with Crippen LogP contribution in [0.25, 0.3) is 0 Å². The van der Waals surface area contributed by atoms with Crippen LogP contribution in [0.15, 0.2) is 0 Å². The average Bonchev–Trinajstić information content (AvgIpc) is 2.31. The average molecular weight is 181 g/mol. The summed E-state index contributed by atoms with van der Waals surface area (Å²) in [5, 5.41) is 0. The minimum Gasteiger partial charge on any atom is -0.330 e. The molecule has 0 radical (unpaired) electrons. The monoisotopic (exact) mass is 181 g/mol. The third-order valence-electron chi connectivity index (χ3n) is 5.02. The van der Waals surface area contributed by atoms with Crippen LogP contribution in [-0.2, 0) is 0 Å². The summed E-state index contributed by atoms with van der Waals surface area (Å²) in [5.74, 6) is 0.793. The fraction of sp³-hybridized carbons (Fsp3) is 1.00. The summed E-state index contributed by atoms with van der Waals surface area (Å²) in [7, 11) is 0. The first-order valence-corrected chi connectivity index (χ1v) is 5.56. The van der Waals surface area contributed by atoms with E-state index in [4.69, 9.17) is 5.73 Å². The predicted molar refractivity (Wildman–Crippen MR) is 56.4 cm³/mol. The van der Waals surface area contributed by atoms with Gasteiger partial charge in [-0.3, -0.25) is 0 Å². The SMILES string of the molecule is CC1(C)CCC2(C1)C(CN)C2(C)C. The predicted octanol–water partition coefficient (Wildman–Crippen LogP) is 2.80. The van der Waals surface area contributed by atoms with Crippen LogP contribution in [0.3, 0.4) is 0 Å². The van der Waals surface area contributed by atoms with Gasteiger partial charge < -0.3 is 5.73 Å². The molecule has 0 aromatic heterocycles. The van der Waals surface area contributed by atoms with Crippen molar-refractivity contribution in [3.8, 4) is 0 Å². The van der Waals surface area contributed by atoms with Crippen LogP contribution in [0.4, 0.5) is 0 Å². The molecular formula is C12H23N. The van der Waals surface area contributed by atoms with Crippen LogP contribution < -0.4 is 5.73 Å². The maximum atomic E-state index is 5.85. The zero-order valence-corrected chi connectivity index (χ0v) is 9.48. The first-order valence-electron chi connectivity index (χ1n) is 5.56. The van der Waals surface area contributed by atoms with Crippen molar-refractivity contribution < 1.29 is 0 Å². The Morgan fingerprint density at radius 2 is 1.77 bits per heavy atom. The van der Waals surface area contributed by atoms with Crippen molar-refractivity contribution in [2.24, 2.45) is 27.9 Å². The minimum atomic E-state index is 0.523. The standard InChI is InChI=1S/C12H23N/c1-10(2)5-6-12(8-10)9(7-13)11(12,3)4/h9H,5-8,13H2,1-4H3. The molecule has 2 aliphatic rings. The summed E-state index contributed by atoms with van der Waals surface area (Å²) < 4.78 is 0. The van der Waals surface area contributed by atoms with Gasteiger partial charge in [-0.15, -0.1) is 0 Å². The number of hydrogen-bond acceptors (Lipinski definition) is 1. The molecule has 2 rings (SSSR count). The Bertz CT molecular complexity index is 229. The second-order valence-electron chi connectivity index (χ2n) is 6.51. The Kier molecular flexibility index (Phi) is 1.69. The van der Waals surface area contributed by atoms with E-state index in [2.05, 4.69) is 27.7 Å². The maximum absolute atomic E-state index is 5.85. The van der Waals surface area contributed by atoms with Crippen molar-refractivity contribution in [1.82, 2.24) is 0 Å². The molecule has 0 amide bonds.